The molecule has 22 heavy (non-hydrogen) atoms. The number of rotatable bonds is 1. The van der Waals surface area contributed by atoms with Crippen LogP contribution in [-0.4, -0.2) is 41.8 Å². The lowest BCUT2D eigenvalue weighted by atomic mass is 10.1. The summed E-state index contributed by atoms with van der Waals surface area (Å²) in [7, 11) is 0. The molecule has 2 aliphatic heterocycles. The molecule has 1 saturated heterocycles. The summed E-state index contributed by atoms with van der Waals surface area (Å²) in [6, 6.07) is 8.37. The minimum atomic E-state index is 0.0340. The number of terminal acetylenes is 1. The Hall–Kier alpha value is -2.03. The standard InChI is InChI=1S/C17H19N3OS/c1-3-14-10-20(9-12(2)19-14)17(22)18-8-13-11-21-16-7-5-4-6-15(13)16/h1,4-8,12,14,19H,9-11H2,2H3,(H,18,22)/b13-8-/t12-,14+/m0/s1. The Morgan fingerprint density at radius 3 is 3.14 bits per heavy atom. The summed E-state index contributed by atoms with van der Waals surface area (Å²) in [4.78, 5) is 2.11. The normalized spacial score (nSPS) is 25.3. The minimum absolute atomic E-state index is 0.0340. The van der Waals surface area contributed by atoms with Gasteiger partial charge in [0.15, 0.2) is 5.11 Å². The Bertz CT molecular complexity index is 650. The van der Waals surface area contributed by atoms with Crippen LogP contribution in [-0.2, 0) is 0 Å². The van der Waals surface area contributed by atoms with E-state index in [1.54, 1.807) is 0 Å². The van der Waals surface area contributed by atoms with Gasteiger partial charge in [0.05, 0.1) is 6.04 Å². The SMILES string of the molecule is C#C[C@@H]1CN(C(=S)N/C=C2/COc3ccccc32)C[C@H](C)N1. The fourth-order valence-corrected chi connectivity index (χ4v) is 3.00. The van der Waals surface area contributed by atoms with Gasteiger partial charge in [0.1, 0.15) is 12.4 Å². The van der Waals surface area contributed by atoms with Gasteiger partial charge in [-0.1, -0.05) is 24.1 Å². The van der Waals surface area contributed by atoms with Crippen LogP contribution in [0.15, 0.2) is 30.5 Å². The van der Waals surface area contributed by atoms with Gasteiger partial charge in [0.25, 0.3) is 0 Å². The van der Waals surface area contributed by atoms with E-state index in [4.69, 9.17) is 23.4 Å². The van der Waals surface area contributed by atoms with Gasteiger partial charge in [-0.2, -0.15) is 0 Å². The summed E-state index contributed by atoms with van der Waals surface area (Å²) in [6.07, 6.45) is 7.46. The average molecular weight is 313 g/mol. The lowest BCUT2D eigenvalue weighted by Crippen LogP contribution is -2.57. The van der Waals surface area contributed by atoms with Crippen molar-refractivity contribution in [2.24, 2.45) is 0 Å². The maximum absolute atomic E-state index is 5.64. The van der Waals surface area contributed by atoms with E-state index in [1.807, 2.05) is 24.4 Å². The average Bonchev–Trinajstić information content (AvgIpc) is 2.95. The lowest BCUT2D eigenvalue weighted by Gasteiger charge is -2.36. The van der Waals surface area contributed by atoms with E-state index in [2.05, 4.69) is 34.4 Å². The zero-order valence-electron chi connectivity index (χ0n) is 12.5. The topological polar surface area (TPSA) is 36.5 Å². The molecule has 0 unspecified atom stereocenters. The minimum Gasteiger partial charge on any atom is -0.488 e. The Morgan fingerprint density at radius 1 is 1.50 bits per heavy atom. The summed E-state index contributed by atoms with van der Waals surface area (Å²) in [5.41, 5.74) is 2.22. The van der Waals surface area contributed by atoms with Gasteiger partial charge in [0.2, 0.25) is 0 Å². The van der Waals surface area contributed by atoms with Crippen LogP contribution in [0.2, 0.25) is 0 Å². The van der Waals surface area contributed by atoms with E-state index in [-0.39, 0.29) is 6.04 Å². The molecule has 2 N–H and O–H groups in total. The van der Waals surface area contributed by atoms with Crippen LogP contribution < -0.4 is 15.4 Å². The zero-order chi connectivity index (χ0) is 15.5. The van der Waals surface area contributed by atoms with Crippen LogP contribution in [0.3, 0.4) is 0 Å². The van der Waals surface area contributed by atoms with E-state index < -0.39 is 0 Å². The predicted octanol–water partition coefficient (Wildman–Crippen LogP) is 1.59. The van der Waals surface area contributed by atoms with Gasteiger partial charge in [-0.05, 0) is 25.2 Å². The van der Waals surface area contributed by atoms with Crippen molar-refractivity contribution in [3.05, 3.63) is 36.0 Å². The van der Waals surface area contributed by atoms with Crippen molar-refractivity contribution in [3.63, 3.8) is 0 Å². The van der Waals surface area contributed by atoms with Crippen molar-refractivity contribution >= 4 is 22.9 Å². The van der Waals surface area contributed by atoms with Gasteiger partial charge in [0, 0.05) is 36.5 Å². The van der Waals surface area contributed by atoms with Crippen LogP contribution in [0.1, 0.15) is 12.5 Å². The smallest absolute Gasteiger partial charge is 0.173 e. The largest absolute Gasteiger partial charge is 0.488 e. The number of fused-ring (bicyclic) bond motifs is 1. The molecular weight excluding hydrogens is 294 g/mol. The number of piperazine rings is 1. The van der Waals surface area contributed by atoms with Gasteiger partial charge >= 0.3 is 0 Å². The predicted molar refractivity (Wildman–Crippen MR) is 92.4 cm³/mol. The van der Waals surface area contributed by atoms with Crippen LogP contribution in [0.4, 0.5) is 0 Å². The van der Waals surface area contributed by atoms with Crippen molar-refractivity contribution in [3.8, 4) is 18.1 Å². The van der Waals surface area contributed by atoms with Crippen LogP contribution in [0.5, 0.6) is 5.75 Å². The molecule has 0 saturated carbocycles. The number of benzene rings is 1. The molecule has 0 radical (unpaired) electrons. The molecule has 1 aromatic rings. The summed E-state index contributed by atoms with van der Waals surface area (Å²) < 4.78 is 5.64. The summed E-state index contributed by atoms with van der Waals surface area (Å²) in [5, 5.41) is 7.28. The number of hydrogen-bond donors (Lipinski definition) is 2. The van der Waals surface area contributed by atoms with Crippen LogP contribution >= 0.6 is 12.2 Å². The van der Waals surface area contributed by atoms with Gasteiger partial charge < -0.3 is 15.0 Å². The van der Waals surface area contributed by atoms with E-state index >= 15 is 0 Å². The first kappa shape index (κ1) is 14.9. The highest BCUT2D eigenvalue weighted by molar-refractivity contribution is 7.80. The quantitative estimate of drug-likeness (QED) is 0.608. The fraction of sp³-hybridized carbons (Fsp3) is 0.353. The Labute approximate surface area is 136 Å². The molecular formula is C17H19N3OS. The molecule has 5 heteroatoms. The van der Waals surface area contributed by atoms with E-state index in [0.29, 0.717) is 17.8 Å². The monoisotopic (exact) mass is 313 g/mol. The third-order valence-electron chi connectivity index (χ3n) is 3.86. The van der Waals surface area contributed by atoms with E-state index in [1.165, 1.54) is 0 Å². The Kier molecular flexibility index (Phi) is 4.32. The number of thiocarbonyl (C=S) groups is 1. The molecule has 2 aliphatic rings. The first-order chi connectivity index (χ1) is 10.7. The molecule has 0 bridgehead atoms. The highest BCUT2D eigenvalue weighted by Gasteiger charge is 2.24. The second-order valence-electron chi connectivity index (χ2n) is 5.60. The molecule has 0 amide bonds. The fourth-order valence-electron chi connectivity index (χ4n) is 2.79. The lowest BCUT2D eigenvalue weighted by molar-refractivity contribution is 0.273. The van der Waals surface area contributed by atoms with E-state index in [9.17, 15) is 0 Å². The molecule has 0 aliphatic carbocycles. The molecule has 0 spiro atoms. The third kappa shape index (κ3) is 3.08. The molecule has 2 heterocycles. The second-order valence-corrected chi connectivity index (χ2v) is 5.98. The maximum atomic E-state index is 5.64. The van der Waals surface area contributed by atoms with Crippen molar-refractivity contribution in [1.82, 2.24) is 15.5 Å². The number of ether oxygens (including phenoxy) is 1. The molecule has 1 fully saturated rings. The molecule has 0 aromatic heterocycles. The highest BCUT2D eigenvalue weighted by Crippen LogP contribution is 2.31. The van der Waals surface area contributed by atoms with Gasteiger partial charge in [-0.25, -0.2) is 0 Å². The van der Waals surface area contributed by atoms with Crippen molar-refractivity contribution in [2.45, 2.75) is 19.0 Å². The molecule has 3 rings (SSSR count). The highest BCUT2D eigenvalue weighted by atomic mass is 32.1. The number of nitrogens with zero attached hydrogens (tertiary/aromatic N) is 1. The molecule has 4 nitrogen and oxygen atoms in total. The maximum Gasteiger partial charge on any atom is 0.173 e. The summed E-state index contributed by atoms with van der Waals surface area (Å²) in [6.45, 7) is 4.25. The second kappa shape index (κ2) is 6.39. The summed E-state index contributed by atoms with van der Waals surface area (Å²) >= 11 is 5.49. The van der Waals surface area contributed by atoms with Crippen molar-refractivity contribution in [1.29, 1.82) is 0 Å². The molecule has 1 aromatic carbocycles. The van der Waals surface area contributed by atoms with Crippen molar-refractivity contribution in [2.75, 3.05) is 19.7 Å². The first-order valence-corrected chi connectivity index (χ1v) is 7.77. The Morgan fingerprint density at radius 2 is 2.32 bits per heavy atom. The van der Waals surface area contributed by atoms with Gasteiger partial charge in [-0.3, -0.25) is 5.32 Å². The van der Waals surface area contributed by atoms with Gasteiger partial charge in [-0.15, -0.1) is 6.42 Å². The third-order valence-corrected chi connectivity index (χ3v) is 4.23. The van der Waals surface area contributed by atoms with Crippen LogP contribution in [0.25, 0.3) is 5.57 Å². The molecule has 114 valence electrons. The Balaban J connectivity index is 1.66. The summed E-state index contributed by atoms with van der Waals surface area (Å²) in [5.74, 6) is 3.67. The molecule has 2 atom stereocenters. The van der Waals surface area contributed by atoms with E-state index in [0.717, 1.165) is 30.0 Å². The van der Waals surface area contributed by atoms with Crippen LogP contribution in [0, 0.1) is 12.3 Å². The number of nitrogens with one attached hydrogen (secondary N) is 2. The first-order valence-electron chi connectivity index (χ1n) is 7.36. The zero-order valence-corrected chi connectivity index (χ0v) is 13.3. The number of hydrogen-bond acceptors (Lipinski definition) is 3. The van der Waals surface area contributed by atoms with Crippen molar-refractivity contribution < 1.29 is 4.74 Å². The number of para-hydroxylation sites is 1.